The van der Waals surface area contributed by atoms with Gasteiger partial charge in [-0.05, 0) is 44.5 Å². The van der Waals surface area contributed by atoms with Crippen LogP contribution in [0.25, 0.3) is 10.4 Å². The van der Waals surface area contributed by atoms with Gasteiger partial charge < -0.3 is 47.4 Å². The first kappa shape index (κ1) is 54.7. The fraction of sp³-hybridized carbons (Fsp3) is 0.317. The van der Waals surface area contributed by atoms with Crippen molar-refractivity contribution in [1.82, 2.24) is 0 Å². The van der Waals surface area contributed by atoms with E-state index in [0.717, 1.165) is 38.9 Å². The Bertz CT molecular complexity index is 2840. The van der Waals surface area contributed by atoms with E-state index < -0.39 is 73.2 Å². The molecule has 0 unspecified atom stereocenters. The predicted molar refractivity (Wildman–Crippen MR) is 288 cm³/mol. The van der Waals surface area contributed by atoms with Crippen LogP contribution >= 0.6 is 0 Å². The molecule has 0 radical (unpaired) electrons. The average Bonchev–Trinajstić information content (AvgIpc) is 3.48. The highest BCUT2D eigenvalue weighted by molar-refractivity contribution is 5.66. The van der Waals surface area contributed by atoms with E-state index in [2.05, 4.69) is 10.0 Å². The number of rotatable bonds is 26. The van der Waals surface area contributed by atoms with Crippen LogP contribution in [0.5, 0.6) is 0 Å². The Hall–Kier alpha value is -7.04. The fourth-order valence-corrected chi connectivity index (χ4v) is 9.70. The molecule has 398 valence electrons. The van der Waals surface area contributed by atoms with Crippen LogP contribution in [0.4, 0.5) is 0 Å². The molecule has 77 heavy (non-hydrogen) atoms. The van der Waals surface area contributed by atoms with Crippen molar-refractivity contribution in [2.24, 2.45) is 5.11 Å². The Kier molecular flexibility index (Phi) is 20.6. The third-order valence-corrected chi connectivity index (χ3v) is 13.4. The summed E-state index contributed by atoms with van der Waals surface area (Å²) in [4.78, 5) is 17.1. The molecule has 14 nitrogen and oxygen atoms in total. The standard InChI is InChI=1S/C63H65N3O11/c1-45(67)75-61-59(73-42-51-33-19-7-20-34-51)57(71-40-49-29-15-5-16-30-49)58(72-41-50-31-17-6-18-32-50)60(74-43-52-35-21-8-22-36-52)62(61)77-63-54(65-66-64)56(70-39-48-27-13-4-14-28-48)55(69-38-47-25-11-3-12-26-47)53(76-63)44-68-37-46-23-9-2-10-24-46/h2-36,53-63H,37-44H2,1H3/t53-,54-,55-,56-,57+,58-,59-,60+,61-,62-,63+/m1/s1. The lowest BCUT2D eigenvalue weighted by Crippen LogP contribution is -2.69. The van der Waals surface area contributed by atoms with Crippen LogP contribution in [0.1, 0.15) is 45.9 Å². The number of hydrogen-bond donors (Lipinski definition) is 0. The Morgan fingerprint density at radius 3 is 1.05 bits per heavy atom. The summed E-state index contributed by atoms with van der Waals surface area (Å²) in [5, 5.41) is 4.41. The fourth-order valence-electron chi connectivity index (χ4n) is 9.70. The Morgan fingerprint density at radius 2 is 0.714 bits per heavy atom. The number of benzene rings is 7. The lowest BCUT2D eigenvalue weighted by molar-refractivity contribution is -0.339. The van der Waals surface area contributed by atoms with Crippen LogP contribution in [0.2, 0.25) is 0 Å². The highest BCUT2D eigenvalue weighted by Gasteiger charge is 2.58. The normalized spacial score (nSPS) is 24.1. The third-order valence-electron chi connectivity index (χ3n) is 13.4. The SMILES string of the molecule is CC(=O)O[C@@H]1[C@H](OCc2ccccc2)[C@@H](OCc2ccccc2)[C@@H](OCc2ccccc2)[C@H](OCc2ccccc2)[C@H]1O[C@@H]1O[C@H](COCc2ccccc2)[C@@H](OCc2ccccc2)[C@H](OCc2ccccc2)[C@H]1N=[N+]=[N-]. The molecule has 1 saturated carbocycles. The summed E-state index contributed by atoms with van der Waals surface area (Å²) in [7, 11) is 0. The third kappa shape index (κ3) is 15.8. The van der Waals surface area contributed by atoms with Gasteiger partial charge in [0.05, 0.1) is 52.9 Å². The van der Waals surface area contributed by atoms with Gasteiger partial charge in [0.2, 0.25) is 0 Å². The molecule has 0 spiro atoms. The minimum Gasteiger partial charge on any atom is -0.457 e. The molecule has 2 aliphatic rings. The van der Waals surface area contributed by atoms with Crippen molar-refractivity contribution in [3.63, 3.8) is 0 Å². The van der Waals surface area contributed by atoms with Gasteiger partial charge in [-0.2, -0.15) is 0 Å². The van der Waals surface area contributed by atoms with Crippen molar-refractivity contribution >= 4 is 5.97 Å². The van der Waals surface area contributed by atoms with Crippen LogP contribution in [0, 0.1) is 0 Å². The van der Waals surface area contributed by atoms with E-state index in [4.69, 9.17) is 47.4 Å². The number of hydrogen-bond acceptors (Lipinski definition) is 12. The lowest BCUT2D eigenvalue weighted by Gasteiger charge is -2.51. The summed E-state index contributed by atoms with van der Waals surface area (Å²) in [6.45, 7) is 2.46. The van der Waals surface area contributed by atoms with Crippen LogP contribution in [-0.4, -0.2) is 79.8 Å². The summed E-state index contributed by atoms with van der Waals surface area (Å²) >= 11 is 0. The van der Waals surface area contributed by atoms with Crippen LogP contribution in [0.15, 0.2) is 217 Å². The van der Waals surface area contributed by atoms with Gasteiger partial charge in [0, 0.05) is 11.8 Å². The smallest absolute Gasteiger partial charge is 0.303 e. The molecule has 14 heteroatoms. The molecule has 0 aromatic heterocycles. The van der Waals surface area contributed by atoms with Crippen molar-refractivity contribution in [1.29, 1.82) is 0 Å². The first-order valence-corrected chi connectivity index (χ1v) is 26.1. The second-order valence-electron chi connectivity index (χ2n) is 19.0. The Balaban J connectivity index is 1.15. The van der Waals surface area contributed by atoms with Crippen molar-refractivity contribution in [2.45, 2.75) is 120 Å². The highest BCUT2D eigenvalue weighted by Crippen LogP contribution is 2.39. The Morgan fingerprint density at radius 1 is 0.416 bits per heavy atom. The first-order valence-electron chi connectivity index (χ1n) is 26.1. The van der Waals surface area contributed by atoms with E-state index in [-0.39, 0.29) is 52.9 Å². The monoisotopic (exact) mass is 1040 g/mol. The van der Waals surface area contributed by atoms with E-state index in [1.807, 2.05) is 212 Å². The highest BCUT2D eigenvalue weighted by atomic mass is 16.7. The van der Waals surface area contributed by atoms with Crippen molar-refractivity contribution in [3.05, 3.63) is 262 Å². The summed E-state index contributed by atoms with van der Waals surface area (Å²) in [5.74, 6) is -0.606. The second kappa shape index (κ2) is 28.9. The summed E-state index contributed by atoms with van der Waals surface area (Å²) < 4.78 is 69.2. The van der Waals surface area contributed by atoms with Crippen molar-refractivity contribution in [2.75, 3.05) is 6.61 Å². The van der Waals surface area contributed by atoms with Gasteiger partial charge in [0.15, 0.2) is 12.4 Å². The van der Waals surface area contributed by atoms with E-state index in [1.165, 1.54) is 6.92 Å². The van der Waals surface area contributed by atoms with Crippen LogP contribution < -0.4 is 0 Å². The quantitative estimate of drug-likeness (QED) is 0.0220. The van der Waals surface area contributed by atoms with Gasteiger partial charge in [-0.1, -0.05) is 217 Å². The molecule has 9 rings (SSSR count). The van der Waals surface area contributed by atoms with Gasteiger partial charge in [-0.3, -0.25) is 4.79 Å². The number of carbonyl (C=O) groups is 1. The zero-order valence-electron chi connectivity index (χ0n) is 43.0. The molecule has 1 aliphatic carbocycles. The van der Waals surface area contributed by atoms with Gasteiger partial charge in [-0.25, -0.2) is 0 Å². The minimum absolute atomic E-state index is 0.0232. The van der Waals surface area contributed by atoms with Gasteiger partial charge in [-0.15, -0.1) is 0 Å². The maximum atomic E-state index is 13.7. The second-order valence-corrected chi connectivity index (χ2v) is 19.0. The molecule has 0 N–H and O–H groups in total. The molecular formula is C63H65N3O11. The average molecular weight is 1040 g/mol. The van der Waals surface area contributed by atoms with Gasteiger partial charge >= 0.3 is 5.97 Å². The van der Waals surface area contributed by atoms with Gasteiger partial charge in [0.1, 0.15) is 54.9 Å². The molecule has 1 aliphatic heterocycles. The van der Waals surface area contributed by atoms with E-state index in [1.54, 1.807) is 0 Å². The topological polar surface area (TPSA) is 158 Å². The van der Waals surface area contributed by atoms with Crippen molar-refractivity contribution in [3.8, 4) is 0 Å². The predicted octanol–water partition coefficient (Wildman–Crippen LogP) is 11.4. The Labute approximate surface area is 450 Å². The molecule has 7 aromatic carbocycles. The number of azide groups is 1. The molecule has 7 aromatic rings. The maximum Gasteiger partial charge on any atom is 0.303 e. The van der Waals surface area contributed by atoms with Crippen LogP contribution in [0.3, 0.4) is 0 Å². The maximum absolute atomic E-state index is 13.7. The summed E-state index contributed by atoms with van der Waals surface area (Å²) in [6.07, 6.45) is -10.5. The first-order chi connectivity index (χ1) is 38.0. The molecule has 0 amide bonds. The zero-order valence-corrected chi connectivity index (χ0v) is 43.0. The zero-order chi connectivity index (χ0) is 52.9. The molecule has 2 fully saturated rings. The number of carbonyl (C=O) groups excluding carboxylic acids is 1. The number of nitrogens with zero attached hydrogens (tertiary/aromatic N) is 3. The number of ether oxygens (including phenoxy) is 10. The molecule has 0 bridgehead atoms. The van der Waals surface area contributed by atoms with Crippen molar-refractivity contribution < 1.29 is 52.2 Å². The lowest BCUT2D eigenvalue weighted by atomic mass is 9.83. The molecule has 1 saturated heterocycles. The molecular weight excluding hydrogens is 975 g/mol. The molecule has 1 heterocycles. The van der Waals surface area contributed by atoms with E-state index in [0.29, 0.717) is 0 Å². The van der Waals surface area contributed by atoms with E-state index >= 15 is 0 Å². The van der Waals surface area contributed by atoms with Gasteiger partial charge in [0.25, 0.3) is 0 Å². The van der Waals surface area contributed by atoms with E-state index in [9.17, 15) is 10.3 Å². The minimum atomic E-state index is -1.38. The summed E-state index contributed by atoms with van der Waals surface area (Å²) in [5.41, 5.74) is 16.8. The molecule has 11 atom stereocenters. The largest absolute Gasteiger partial charge is 0.457 e. The van der Waals surface area contributed by atoms with Crippen LogP contribution in [-0.2, 0) is 98.4 Å². The summed E-state index contributed by atoms with van der Waals surface area (Å²) in [6, 6.07) is 67.1. The number of esters is 1.